The molecular weight excluding hydrogens is 343 g/mol. The maximum absolute atomic E-state index is 13.2. The highest BCUT2D eigenvalue weighted by atomic mass is 19.1. The van der Waals surface area contributed by atoms with E-state index in [4.69, 9.17) is 9.84 Å². The summed E-state index contributed by atoms with van der Waals surface area (Å²) in [6.07, 6.45) is 3.60. The quantitative estimate of drug-likeness (QED) is 0.710. The summed E-state index contributed by atoms with van der Waals surface area (Å²) in [6, 6.07) is 12.5. The Morgan fingerprint density at radius 3 is 2.59 bits per heavy atom. The number of carbonyl (C=O) groups is 1. The van der Waals surface area contributed by atoms with Crippen LogP contribution in [0.5, 0.6) is 5.75 Å². The van der Waals surface area contributed by atoms with Crippen molar-refractivity contribution in [2.24, 2.45) is 5.92 Å². The van der Waals surface area contributed by atoms with E-state index < -0.39 is 11.9 Å². The van der Waals surface area contributed by atoms with Crippen molar-refractivity contribution in [2.75, 3.05) is 6.61 Å². The third-order valence-electron chi connectivity index (χ3n) is 5.13. The minimum absolute atomic E-state index is 0.219. The fraction of sp³-hybridized carbons (Fsp3) is 0.348. The summed E-state index contributed by atoms with van der Waals surface area (Å²) in [5.74, 6) is -0.588. The van der Waals surface area contributed by atoms with Gasteiger partial charge in [0.25, 0.3) is 0 Å². The summed E-state index contributed by atoms with van der Waals surface area (Å²) in [5.41, 5.74) is 5.61. The number of carboxylic acid groups (broad SMARTS) is 1. The van der Waals surface area contributed by atoms with E-state index in [1.54, 1.807) is 6.92 Å². The molecule has 142 valence electrons. The van der Waals surface area contributed by atoms with Crippen LogP contribution >= 0.6 is 0 Å². The predicted molar refractivity (Wildman–Crippen MR) is 104 cm³/mol. The number of allylic oxidation sites excluding steroid dienone is 1. The van der Waals surface area contributed by atoms with Crippen molar-refractivity contribution in [3.05, 3.63) is 70.5 Å². The van der Waals surface area contributed by atoms with Crippen LogP contribution in [0.1, 0.15) is 42.9 Å². The van der Waals surface area contributed by atoms with Crippen LogP contribution in [-0.2, 0) is 11.2 Å². The molecule has 4 heteroatoms. The highest BCUT2D eigenvalue weighted by molar-refractivity contribution is 5.71. The molecule has 0 fully saturated rings. The summed E-state index contributed by atoms with van der Waals surface area (Å²) in [6.45, 7) is 4.22. The van der Waals surface area contributed by atoms with Crippen molar-refractivity contribution in [3.8, 4) is 5.75 Å². The molecule has 0 aliphatic heterocycles. The molecule has 0 saturated carbocycles. The summed E-state index contributed by atoms with van der Waals surface area (Å²) in [7, 11) is 0. The lowest BCUT2D eigenvalue weighted by Gasteiger charge is -2.14. The van der Waals surface area contributed by atoms with E-state index in [2.05, 4.69) is 0 Å². The molecule has 0 saturated heterocycles. The third-order valence-corrected chi connectivity index (χ3v) is 5.13. The zero-order valence-corrected chi connectivity index (χ0v) is 15.8. The molecule has 0 spiro atoms. The molecule has 1 aliphatic carbocycles. The lowest BCUT2D eigenvalue weighted by molar-refractivity contribution is -0.141. The number of carboxylic acids is 1. The molecule has 0 bridgehead atoms. The molecule has 1 unspecified atom stereocenters. The summed E-state index contributed by atoms with van der Waals surface area (Å²) >= 11 is 0. The van der Waals surface area contributed by atoms with Gasteiger partial charge < -0.3 is 9.84 Å². The topological polar surface area (TPSA) is 46.5 Å². The van der Waals surface area contributed by atoms with Crippen molar-refractivity contribution in [1.29, 1.82) is 0 Å². The van der Waals surface area contributed by atoms with Crippen molar-refractivity contribution in [2.45, 2.75) is 39.5 Å². The van der Waals surface area contributed by atoms with Gasteiger partial charge in [0, 0.05) is 0 Å². The van der Waals surface area contributed by atoms with E-state index in [1.165, 1.54) is 23.3 Å². The van der Waals surface area contributed by atoms with Crippen LogP contribution in [0.3, 0.4) is 0 Å². The molecule has 1 N–H and O–H groups in total. The number of hydrogen-bond acceptors (Lipinski definition) is 2. The maximum atomic E-state index is 13.2. The Balaban J connectivity index is 1.69. The lowest BCUT2D eigenvalue weighted by atomic mass is 9.99. The normalized spacial score (nSPS) is 15.1. The first-order valence-electron chi connectivity index (χ1n) is 9.36. The summed E-state index contributed by atoms with van der Waals surface area (Å²) in [4.78, 5) is 11.0. The second-order valence-electron chi connectivity index (χ2n) is 7.27. The third kappa shape index (κ3) is 4.76. The maximum Gasteiger partial charge on any atom is 0.306 e. The largest absolute Gasteiger partial charge is 0.489 e. The molecular formula is C23H25FO3. The lowest BCUT2D eigenvalue weighted by Crippen LogP contribution is -2.12. The number of hydrogen-bond donors (Lipinski definition) is 1. The monoisotopic (exact) mass is 368 g/mol. The van der Waals surface area contributed by atoms with Gasteiger partial charge in [-0.1, -0.05) is 31.2 Å². The van der Waals surface area contributed by atoms with Crippen LogP contribution in [0, 0.1) is 18.7 Å². The van der Waals surface area contributed by atoms with Crippen molar-refractivity contribution >= 4 is 11.5 Å². The summed E-state index contributed by atoms with van der Waals surface area (Å²) < 4.78 is 19.2. The Kier molecular flexibility index (Phi) is 5.94. The molecule has 0 amide bonds. The molecule has 3 rings (SSSR count). The van der Waals surface area contributed by atoms with Gasteiger partial charge in [-0.05, 0) is 78.6 Å². The Morgan fingerprint density at radius 2 is 1.93 bits per heavy atom. The Bertz CT molecular complexity index is 852. The summed E-state index contributed by atoms with van der Waals surface area (Å²) in [5, 5.41) is 9.06. The molecule has 27 heavy (non-hydrogen) atoms. The van der Waals surface area contributed by atoms with Gasteiger partial charge in [-0.15, -0.1) is 0 Å². The van der Waals surface area contributed by atoms with Crippen molar-refractivity contribution < 1.29 is 19.0 Å². The van der Waals surface area contributed by atoms with Crippen LogP contribution in [0.2, 0.25) is 0 Å². The van der Waals surface area contributed by atoms with Crippen molar-refractivity contribution in [1.82, 2.24) is 0 Å². The van der Waals surface area contributed by atoms with Crippen molar-refractivity contribution in [3.63, 3.8) is 0 Å². The van der Waals surface area contributed by atoms with Gasteiger partial charge in [0.2, 0.25) is 0 Å². The second-order valence-corrected chi connectivity index (χ2v) is 7.27. The molecule has 0 aromatic heterocycles. The first kappa shape index (κ1) is 19.2. The van der Waals surface area contributed by atoms with E-state index in [0.717, 1.165) is 41.7 Å². The Morgan fingerprint density at radius 1 is 1.19 bits per heavy atom. The van der Waals surface area contributed by atoms with Gasteiger partial charge in [-0.25, -0.2) is 4.39 Å². The first-order chi connectivity index (χ1) is 12.9. The molecule has 2 aromatic rings. The van der Waals surface area contributed by atoms with E-state index >= 15 is 0 Å². The highest BCUT2D eigenvalue weighted by Gasteiger charge is 2.17. The van der Waals surface area contributed by atoms with Gasteiger partial charge in [-0.3, -0.25) is 4.79 Å². The number of ether oxygens (including phenoxy) is 1. The molecule has 1 aliphatic rings. The fourth-order valence-corrected chi connectivity index (χ4v) is 3.57. The fourth-order valence-electron chi connectivity index (χ4n) is 3.57. The van der Waals surface area contributed by atoms with Gasteiger partial charge in [0.15, 0.2) is 0 Å². The van der Waals surface area contributed by atoms with Gasteiger partial charge in [0.05, 0.1) is 5.92 Å². The van der Waals surface area contributed by atoms with Crippen LogP contribution in [0.15, 0.2) is 48.0 Å². The van der Waals surface area contributed by atoms with E-state index in [0.29, 0.717) is 13.0 Å². The number of aryl methyl sites for hydroxylation is 1. The zero-order valence-electron chi connectivity index (χ0n) is 15.8. The number of halogens is 1. The Hall–Kier alpha value is -2.62. The molecule has 1 atom stereocenters. The molecule has 2 aromatic carbocycles. The van der Waals surface area contributed by atoms with E-state index in [-0.39, 0.29) is 5.82 Å². The van der Waals surface area contributed by atoms with E-state index in [9.17, 15) is 9.18 Å². The van der Waals surface area contributed by atoms with Gasteiger partial charge in [-0.2, -0.15) is 0 Å². The average Bonchev–Trinajstić information content (AvgIpc) is 3.10. The van der Waals surface area contributed by atoms with Crippen LogP contribution in [0.4, 0.5) is 4.39 Å². The van der Waals surface area contributed by atoms with E-state index in [1.807, 2.05) is 37.3 Å². The van der Waals surface area contributed by atoms with Gasteiger partial charge in [0.1, 0.15) is 18.2 Å². The minimum Gasteiger partial charge on any atom is -0.489 e. The molecule has 0 heterocycles. The SMILES string of the molecule is Cc1cc(CC(C)C(=O)O)ccc1OCC1=C(c2ccc(F)cc2)CCC1. The first-order valence-corrected chi connectivity index (χ1v) is 9.36. The number of aliphatic carboxylic acids is 1. The number of benzene rings is 2. The smallest absolute Gasteiger partial charge is 0.306 e. The zero-order chi connectivity index (χ0) is 19.4. The van der Waals surface area contributed by atoms with Crippen LogP contribution in [0.25, 0.3) is 5.57 Å². The van der Waals surface area contributed by atoms with Crippen LogP contribution < -0.4 is 4.74 Å². The van der Waals surface area contributed by atoms with Crippen LogP contribution in [-0.4, -0.2) is 17.7 Å². The molecule has 3 nitrogen and oxygen atoms in total. The predicted octanol–water partition coefficient (Wildman–Crippen LogP) is 5.41. The highest BCUT2D eigenvalue weighted by Crippen LogP contribution is 2.34. The second kappa shape index (κ2) is 8.38. The minimum atomic E-state index is -0.783. The Labute approximate surface area is 159 Å². The molecule has 0 radical (unpaired) electrons. The van der Waals surface area contributed by atoms with Gasteiger partial charge >= 0.3 is 5.97 Å². The number of rotatable bonds is 7. The standard InChI is InChI=1S/C23H25FO3/c1-15-12-17(13-16(2)23(25)26)6-11-22(15)27-14-19-4-3-5-21(19)18-7-9-20(24)10-8-18/h6-12,16H,3-5,13-14H2,1-2H3,(H,25,26). The average molecular weight is 368 g/mol.